The van der Waals surface area contributed by atoms with Crippen LogP contribution in [0.1, 0.15) is 44.9 Å². The van der Waals surface area contributed by atoms with Gasteiger partial charge in [-0.25, -0.2) is 0 Å². The first-order valence-electron chi connectivity index (χ1n) is 4.80. The lowest BCUT2D eigenvalue weighted by Gasteiger charge is -2.11. The normalized spacial score (nSPS) is 32.2. The first-order chi connectivity index (χ1) is 5.80. The molecule has 1 aliphatic rings. The maximum Gasteiger partial charge on any atom is 0.0458 e. The maximum atomic E-state index is 3.68. The van der Waals surface area contributed by atoms with Crippen molar-refractivity contribution >= 4 is 31.9 Å². The Morgan fingerprint density at radius 3 is 2.58 bits per heavy atom. The van der Waals surface area contributed by atoms with Crippen LogP contribution in [-0.2, 0) is 0 Å². The van der Waals surface area contributed by atoms with Crippen LogP contribution >= 0.6 is 31.9 Å². The van der Waals surface area contributed by atoms with E-state index in [1.807, 2.05) is 0 Å². The fourth-order valence-corrected chi connectivity index (χ4v) is 2.47. The van der Waals surface area contributed by atoms with E-state index in [0.29, 0.717) is 4.83 Å². The minimum atomic E-state index is 0.565. The third-order valence-corrected chi connectivity index (χ3v) is 4.74. The summed E-state index contributed by atoms with van der Waals surface area (Å²) in [6.07, 6.45) is 11.8. The number of alkyl halides is 1. The van der Waals surface area contributed by atoms with E-state index in [-0.39, 0.29) is 0 Å². The van der Waals surface area contributed by atoms with E-state index in [9.17, 15) is 0 Å². The second-order valence-corrected chi connectivity index (χ2v) is 5.42. The molecule has 1 aliphatic carbocycles. The van der Waals surface area contributed by atoms with Gasteiger partial charge in [0.1, 0.15) is 0 Å². The van der Waals surface area contributed by atoms with Crippen LogP contribution in [0.25, 0.3) is 0 Å². The van der Waals surface area contributed by atoms with Crippen LogP contribution in [0.2, 0.25) is 0 Å². The Morgan fingerprint density at radius 1 is 1.08 bits per heavy atom. The van der Waals surface area contributed by atoms with Gasteiger partial charge in [-0.15, -0.1) is 0 Å². The van der Waals surface area contributed by atoms with Gasteiger partial charge in [0.25, 0.3) is 0 Å². The molecule has 0 saturated heterocycles. The third-order valence-electron chi connectivity index (χ3n) is 2.30. The summed E-state index contributed by atoms with van der Waals surface area (Å²) in [5.41, 5.74) is 0. The zero-order valence-corrected chi connectivity index (χ0v) is 10.5. The van der Waals surface area contributed by atoms with Gasteiger partial charge in [0.2, 0.25) is 0 Å². The van der Waals surface area contributed by atoms with Crippen molar-refractivity contribution in [1.29, 1.82) is 0 Å². The molecule has 1 rings (SSSR count). The quantitative estimate of drug-likeness (QED) is 0.565. The van der Waals surface area contributed by atoms with Crippen molar-refractivity contribution in [2.45, 2.75) is 49.8 Å². The molecule has 2 heteroatoms. The van der Waals surface area contributed by atoms with E-state index >= 15 is 0 Å². The summed E-state index contributed by atoms with van der Waals surface area (Å²) in [4.78, 5) is 0.565. The largest absolute Gasteiger partial charge is 0.0833 e. The highest BCUT2D eigenvalue weighted by atomic mass is 79.9. The van der Waals surface area contributed by atoms with Crippen LogP contribution in [0.4, 0.5) is 0 Å². The molecule has 0 aromatic rings. The van der Waals surface area contributed by atoms with Crippen molar-refractivity contribution in [3.63, 3.8) is 0 Å². The first-order valence-corrected chi connectivity index (χ1v) is 6.51. The highest BCUT2D eigenvalue weighted by Crippen LogP contribution is 2.26. The lowest BCUT2D eigenvalue weighted by molar-refractivity contribution is 0.596. The summed E-state index contributed by atoms with van der Waals surface area (Å²) in [6, 6.07) is 0. The lowest BCUT2D eigenvalue weighted by atomic mass is 10.1. The van der Waals surface area contributed by atoms with Crippen LogP contribution in [-0.4, -0.2) is 4.83 Å². The van der Waals surface area contributed by atoms with Crippen molar-refractivity contribution in [1.82, 2.24) is 0 Å². The number of allylic oxidation sites excluding steroid dienone is 2. The van der Waals surface area contributed by atoms with Gasteiger partial charge in [-0.1, -0.05) is 63.6 Å². The summed E-state index contributed by atoms with van der Waals surface area (Å²) in [6.45, 7) is 0. The van der Waals surface area contributed by atoms with Crippen LogP contribution in [0.15, 0.2) is 10.6 Å². The predicted molar refractivity (Wildman–Crippen MR) is 62.0 cm³/mol. The van der Waals surface area contributed by atoms with Crippen molar-refractivity contribution in [3.8, 4) is 0 Å². The molecule has 0 nitrogen and oxygen atoms in total. The molecule has 0 amide bonds. The Balaban J connectivity index is 2.42. The lowest BCUT2D eigenvalue weighted by Crippen LogP contribution is -1.98. The molecule has 0 saturated carbocycles. The van der Waals surface area contributed by atoms with Gasteiger partial charge in [0.05, 0.1) is 0 Å². The number of hydrogen-bond donors (Lipinski definition) is 0. The van der Waals surface area contributed by atoms with Crippen molar-refractivity contribution in [3.05, 3.63) is 10.6 Å². The van der Waals surface area contributed by atoms with Crippen LogP contribution in [0.5, 0.6) is 0 Å². The molecule has 0 N–H and O–H groups in total. The summed E-state index contributed by atoms with van der Waals surface area (Å²) in [5, 5.41) is 0. The smallest absolute Gasteiger partial charge is 0.0458 e. The highest BCUT2D eigenvalue weighted by molar-refractivity contribution is 9.14. The zero-order valence-electron chi connectivity index (χ0n) is 7.36. The molecule has 0 radical (unpaired) electrons. The van der Waals surface area contributed by atoms with Crippen molar-refractivity contribution in [2.24, 2.45) is 0 Å². The van der Waals surface area contributed by atoms with Gasteiger partial charge < -0.3 is 0 Å². The molecule has 70 valence electrons. The molecular formula is C10H16Br2. The fourth-order valence-electron chi connectivity index (χ4n) is 1.50. The minimum absolute atomic E-state index is 0.565. The standard InChI is InChI=1S/C10H16Br2/c11-9-7-5-3-1-2-4-6-8-10(9)12/h7,10H,1-6,8H2/b9-7-. The van der Waals surface area contributed by atoms with E-state index in [4.69, 9.17) is 0 Å². The van der Waals surface area contributed by atoms with Gasteiger partial charge in [-0.2, -0.15) is 0 Å². The molecule has 0 heterocycles. The Bertz CT molecular complexity index is 152. The summed E-state index contributed by atoms with van der Waals surface area (Å²) < 4.78 is 1.35. The Labute approximate surface area is 92.1 Å². The van der Waals surface area contributed by atoms with Gasteiger partial charge in [0, 0.05) is 9.31 Å². The molecule has 0 spiro atoms. The van der Waals surface area contributed by atoms with Gasteiger partial charge >= 0.3 is 0 Å². The second kappa shape index (κ2) is 6.20. The Kier molecular flexibility index (Phi) is 5.57. The molecule has 0 aliphatic heterocycles. The molecule has 1 unspecified atom stereocenters. The summed E-state index contributed by atoms with van der Waals surface area (Å²) >= 11 is 7.30. The summed E-state index contributed by atoms with van der Waals surface area (Å²) in [5.74, 6) is 0. The molecular weight excluding hydrogens is 280 g/mol. The fraction of sp³-hybridized carbons (Fsp3) is 0.800. The molecule has 1 atom stereocenters. The van der Waals surface area contributed by atoms with E-state index in [0.717, 1.165) is 0 Å². The van der Waals surface area contributed by atoms with Crippen LogP contribution in [0.3, 0.4) is 0 Å². The molecule has 12 heavy (non-hydrogen) atoms. The van der Waals surface area contributed by atoms with Crippen LogP contribution < -0.4 is 0 Å². The van der Waals surface area contributed by atoms with Gasteiger partial charge in [0.15, 0.2) is 0 Å². The van der Waals surface area contributed by atoms with E-state index in [2.05, 4.69) is 37.9 Å². The molecule has 0 aromatic heterocycles. The van der Waals surface area contributed by atoms with Crippen molar-refractivity contribution in [2.75, 3.05) is 0 Å². The van der Waals surface area contributed by atoms with Crippen molar-refractivity contribution < 1.29 is 0 Å². The van der Waals surface area contributed by atoms with E-state index < -0.39 is 0 Å². The molecule has 0 bridgehead atoms. The van der Waals surface area contributed by atoms with Gasteiger partial charge in [-0.3, -0.25) is 0 Å². The minimum Gasteiger partial charge on any atom is -0.0833 e. The van der Waals surface area contributed by atoms with Gasteiger partial charge in [-0.05, 0) is 19.3 Å². The average Bonchev–Trinajstić information content (AvgIpc) is 2.08. The zero-order chi connectivity index (χ0) is 8.81. The topological polar surface area (TPSA) is 0 Å². The highest BCUT2D eigenvalue weighted by Gasteiger charge is 2.08. The van der Waals surface area contributed by atoms with E-state index in [1.54, 1.807) is 0 Å². The predicted octanol–water partition coefficient (Wildman–Crippen LogP) is 4.77. The van der Waals surface area contributed by atoms with E-state index in [1.165, 1.54) is 49.4 Å². The Morgan fingerprint density at radius 2 is 1.75 bits per heavy atom. The maximum absolute atomic E-state index is 3.68. The number of hydrogen-bond acceptors (Lipinski definition) is 0. The SMILES string of the molecule is Br/C1=C\CCCCCCCC1Br. The second-order valence-electron chi connectivity index (χ2n) is 3.40. The third kappa shape index (κ3) is 4.08. The molecule has 0 fully saturated rings. The molecule has 0 aromatic carbocycles. The number of rotatable bonds is 0. The van der Waals surface area contributed by atoms with Crippen LogP contribution in [0, 0.1) is 0 Å². The monoisotopic (exact) mass is 294 g/mol. The number of halogens is 2. The average molecular weight is 296 g/mol. The first kappa shape index (κ1) is 10.8. The Hall–Kier alpha value is 0.700. The summed E-state index contributed by atoms with van der Waals surface area (Å²) in [7, 11) is 0.